The van der Waals surface area contributed by atoms with E-state index in [4.69, 9.17) is 20.8 Å². The number of aryl methyl sites for hydroxylation is 1. The Kier molecular flexibility index (Phi) is 4.10. The molecule has 0 unspecified atom stereocenters. The van der Waals surface area contributed by atoms with Crippen LogP contribution in [0.5, 0.6) is 5.75 Å². The molecular weight excluding hydrogens is 282 g/mol. The molecule has 0 aliphatic heterocycles. The van der Waals surface area contributed by atoms with Gasteiger partial charge in [-0.05, 0) is 24.6 Å². The van der Waals surface area contributed by atoms with Crippen LogP contribution in [0.1, 0.15) is 16.1 Å². The number of rotatable bonds is 3. The summed E-state index contributed by atoms with van der Waals surface area (Å²) in [6.45, 7) is 1.86. The molecular formula is C14H12ClNO4. The minimum absolute atomic E-state index is 0.0416. The summed E-state index contributed by atoms with van der Waals surface area (Å²) < 4.78 is 9.82. The van der Waals surface area contributed by atoms with Gasteiger partial charge >= 0.3 is 0 Å². The van der Waals surface area contributed by atoms with Gasteiger partial charge in [-0.15, -0.1) is 0 Å². The van der Waals surface area contributed by atoms with Crippen molar-refractivity contribution in [3.05, 3.63) is 57.1 Å². The zero-order valence-corrected chi connectivity index (χ0v) is 11.7. The van der Waals surface area contributed by atoms with Crippen LogP contribution >= 0.6 is 11.6 Å². The summed E-state index contributed by atoms with van der Waals surface area (Å²) >= 11 is 5.97. The smallest absolute Gasteiger partial charge is 0.291 e. The Morgan fingerprint density at radius 1 is 1.35 bits per heavy atom. The third kappa shape index (κ3) is 3.00. The minimum atomic E-state index is -0.537. The van der Waals surface area contributed by atoms with Crippen molar-refractivity contribution in [2.75, 3.05) is 12.4 Å². The second-order valence-corrected chi connectivity index (χ2v) is 4.50. The third-order valence-electron chi connectivity index (χ3n) is 2.67. The zero-order chi connectivity index (χ0) is 14.7. The number of benzene rings is 1. The van der Waals surface area contributed by atoms with Crippen LogP contribution in [-0.4, -0.2) is 13.0 Å². The lowest BCUT2D eigenvalue weighted by Crippen LogP contribution is -2.15. The van der Waals surface area contributed by atoms with E-state index in [2.05, 4.69) is 5.32 Å². The van der Waals surface area contributed by atoms with Gasteiger partial charge < -0.3 is 14.5 Å². The first-order valence-corrected chi connectivity index (χ1v) is 6.13. The Morgan fingerprint density at radius 3 is 2.70 bits per heavy atom. The zero-order valence-electron chi connectivity index (χ0n) is 10.9. The second-order valence-electron chi connectivity index (χ2n) is 4.10. The summed E-state index contributed by atoms with van der Waals surface area (Å²) in [4.78, 5) is 23.5. The molecule has 0 saturated carbocycles. The van der Waals surface area contributed by atoms with E-state index in [0.29, 0.717) is 10.7 Å². The molecule has 2 aromatic rings. The number of ether oxygens (including phenoxy) is 1. The predicted octanol–water partition coefficient (Wildman–Crippen LogP) is 2.86. The molecule has 0 radical (unpaired) electrons. The topological polar surface area (TPSA) is 68.5 Å². The summed E-state index contributed by atoms with van der Waals surface area (Å²) in [5.41, 5.74) is 0.996. The fourth-order valence-electron chi connectivity index (χ4n) is 1.53. The van der Waals surface area contributed by atoms with Gasteiger partial charge in [0.25, 0.3) is 5.91 Å². The summed E-state index contributed by atoms with van der Waals surface area (Å²) in [5.74, 6) is -0.600. The van der Waals surface area contributed by atoms with Crippen molar-refractivity contribution in [3.8, 4) is 5.75 Å². The van der Waals surface area contributed by atoms with Crippen molar-refractivity contribution in [2.24, 2.45) is 0 Å². The molecule has 1 aromatic carbocycles. The summed E-state index contributed by atoms with van der Waals surface area (Å²) in [7, 11) is 1.35. The van der Waals surface area contributed by atoms with Crippen molar-refractivity contribution in [1.29, 1.82) is 0 Å². The molecule has 0 saturated heterocycles. The van der Waals surface area contributed by atoms with Crippen LogP contribution in [0.3, 0.4) is 0 Å². The maximum atomic E-state index is 11.9. The quantitative estimate of drug-likeness (QED) is 0.945. The number of carbonyl (C=O) groups excluding carboxylic acids is 1. The highest BCUT2D eigenvalue weighted by Gasteiger charge is 2.12. The van der Waals surface area contributed by atoms with Crippen molar-refractivity contribution in [1.82, 2.24) is 0 Å². The van der Waals surface area contributed by atoms with Crippen molar-refractivity contribution in [2.45, 2.75) is 6.92 Å². The number of hydrogen-bond acceptors (Lipinski definition) is 4. The Bertz CT molecular complexity index is 709. The van der Waals surface area contributed by atoms with Gasteiger partial charge in [0.05, 0.1) is 7.11 Å². The van der Waals surface area contributed by atoms with Crippen LogP contribution in [0.2, 0.25) is 5.02 Å². The number of anilines is 1. The monoisotopic (exact) mass is 293 g/mol. The van der Waals surface area contributed by atoms with Gasteiger partial charge in [0.15, 0.2) is 5.76 Å². The number of methoxy groups -OCH3 is 1. The molecule has 1 amide bonds. The number of nitrogens with one attached hydrogen (secondary N) is 1. The van der Waals surface area contributed by atoms with Crippen molar-refractivity contribution >= 4 is 23.2 Å². The molecule has 0 spiro atoms. The Hall–Kier alpha value is -2.27. The molecule has 6 heteroatoms. The van der Waals surface area contributed by atoms with E-state index in [1.165, 1.54) is 7.11 Å². The van der Waals surface area contributed by atoms with Crippen LogP contribution in [-0.2, 0) is 0 Å². The van der Waals surface area contributed by atoms with Crippen LogP contribution in [0, 0.1) is 6.92 Å². The van der Waals surface area contributed by atoms with E-state index in [9.17, 15) is 9.59 Å². The van der Waals surface area contributed by atoms with Gasteiger partial charge in [0.1, 0.15) is 6.26 Å². The number of halogens is 1. The summed E-state index contributed by atoms with van der Waals surface area (Å²) in [6.07, 6.45) is 1.10. The second kappa shape index (κ2) is 5.79. The molecule has 0 atom stereocenters. The molecule has 104 valence electrons. The lowest BCUT2D eigenvalue weighted by Gasteiger charge is -2.06. The first kappa shape index (κ1) is 14.1. The predicted molar refractivity (Wildman–Crippen MR) is 75.7 cm³/mol. The fraction of sp³-hybridized carbons (Fsp3) is 0.143. The van der Waals surface area contributed by atoms with Crippen LogP contribution in [0.4, 0.5) is 5.69 Å². The highest BCUT2D eigenvalue weighted by atomic mass is 35.5. The van der Waals surface area contributed by atoms with Gasteiger partial charge in [0, 0.05) is 16.8 Å². The van der Waals surface area contributed by atoms with Gasteiger partial charge in [-0.1, -0.05) is 17.7 Å². The fourth-order valence-corrected chi connectivity index (χ4v) is 1.71. The Balaban J connectivity index is 2.21. The standard InChI is InChI=1S/C14H12ClNO4/c1-8-3-4-9(5-10(8)15)16-14(18)12-6-11(17)13(19-2)7-20-12/h3-7H,1-2H3,(H,16,18). The van der Waals surface area contributed by atoms with E-state index in [1.54, 1.807) is 18.2 Å². The molecule has 1 heterocycles. The Labute approximate surface area is 120 Å². The molecule has 2 rings (SSSR count). The van der Waals surface area contributed by atoms with Gasteiger partial charge in [0.2, 0.25) is 11.2 Å². The van der Waals surface area contributed by atoms with E-state index in [0.717, 1.165) is 17.9 Å². The van der Waals surface area contributed by atoms with Crippen LogP contribution < -0.4 is 15.5 Å². The number of hydrogen-bond donors (Lipinski definition) is 1. The van der Waals surface area contributed by atoms with Crippen LogP contribution in [0.25, 0.3) is 0 Å². The first-order valence-electron chi connectivity index (χ1n) is 5.75. The van der Waals surface area contributed by atoms with Gasteiger partial charge in [-0.3, -0.25) is 9.59 Å². The highest BCUT2D eigenvalue weighted by molar-refractivity contribution is 6.31. The average Bonchev–Trinajstić information content (AvgIpc) is 2.42. The SMILES string of the molecule is COc1coc(C(=O)Nc2ccc(C)c(Cl)c2)cc1=O. The van der Waals surface area contributed by atoms with E-state index in [-0.39, 0.29) is 11.5 Å². The van der Waals surface area contributed by atoms with Gasteiger partial charge in [-0.2, -0.15) is 0 Å². The molecule has 0 bridgehead atoms. The first-order chi connectivity index (χ1) is 9.51. The molecule has 0 fully saturated rings. The third-order valence-corrected chi connectivity index (χ3v) is 3.08. The highest BCUT2D eigenvalue weighted by Crippen LogP contribution is 2.20. The van der Waals surface area contributed by atoms with Crippen LogP contribution in [0.15, 0.2) is 39.7 Å². The molecule has 5 nitrogen and oxygen atoms in total. The molecule has 1 N–H and O–H groups in total. The summed E-state index contributed by atoms with van der Waals surface area (Å²) in [5, 5.41) is 3.13. The molecule has 20 heavy (non-hydrogen) atoms. The average molecular weight is 294 g/mol. The number of carbonyl (C=O) groups is 1. The number of amides is 1. The Morgan fingerprint density at radius 2 is 2.10 bits per heavy atom. The maximum Gasteiger partial charge on any atom is 0.291 e. The normalized spacial score (nSPS) is 10.2. The lowest BCUT2D eigenvalue weighted by molar-refractivity contribution is 0.0993. The maximum absolute atomic E-state index is 11.9. The van der Waals surface area contributed by atoms with E-state index < -0.39 is 11.3 Å². The largest absolute Gasteiger partial charge is 0.490 e. The molecule has 0 aliphatic rings. The molecule has 0 aliphatic carbocycles. The summed E-state index contributed by atoms with van der Waals surface area (Å²) in [6, 6.07) is 6.18. The lowest BCUT2D eigenvalue weighted by atomic mass is 10.2. The van der Waals surface area contributed by atoms with Crippen molar-refractivity contribution in [3.63, 3.8) is 0 Å². The molecule has 1 aromatic heterocycles. The van der Waals surface area contributed by atoms with Crippen molar-refractivity contribution < 1.29 is 13.9 Å². The van der Waals surface area contributed by atoms with E-state index >= 15 is 0 Å². The van der Waals surface area contributed by atoms with E-state index in [1.807, 2.05) is 6.92 Å². The van der Waals surface area contributed by atoms with Gasteiger partial charge in [-0.25, -0.2) is 0 Å². The minimum Gasteiger partial charge on any atom is -0.490 e.